The van der Waals surface area contributed by atoms with Crippen LogP contribution in [0.3, 0.4) is 0 Å². The molecular formula is C22H31NO4. The molecule has 0 spiro atoms. The average molecular weight is 373 g/mol. The monoisotopic (exact) mass is 373 g/mol. The number of fused-ring (bicyclic) bond motifs is 1. The number of H-pyrrole nitrogens is 1. The minimum absolute atomic E-state index is 0.232. The van der Waals surface area contributed by atoms with E-state index in [1.54, 1.807) is 0 Å². The van der Waals surface area contributed by atoms with Crippen LogP contribution in [0.25, 0.3) is 10.9 Å². The van der Waals surface area contributed by atoms with Gasteiger partial charge in [0.05, 0.1) is 18.7 Å². The van der Waals surface area contributed by atoms with E-state index in [0.717, 1.165) is 42.4 Å². The number of aromatic amines is 1. The third-order valence-electron chi connectivity index (χ3n) is 4.13. The van der Waals surface area contributed by atoms with E-state index in [4.69, 9.17) is 14.2 Å². The number of rotatable bonds is 11. The number of nitrogens with one attached hydrogen (secondary N) is 1. The van der Waals surface area contributed by atoms with E-state index in [0.29, 0.717) is 31.1 Å². The van der Waals surface area contributed by atoms with E-state index >= 15 is 0 Å². The third-order valence-corrected chi connectivity index (χ3v) is 4.13. The van der Waals surface area contributed by atoms with Gasteiger partial charge in [-0.3, -0.25) is 4.79 Å². The third kappa shape index (κ3) is 6.05. The summed E-state index contributed by atoms with van der Waals surface area (Å²) in [6.45, 7) is 9.75. The molecule has 0 saturated heterocycles. The summed E-state index contributed by atoms with van der Waals surface area (Å²) in [5.41, 5.74) is 1.53. The molecule has 0 aliphatic carbocycles. The maximum Gasteiger partial charge on any atom is 0.294 e. The van der Waals surface area contributed by atoms with Crippen molar-refractivity contribution in [1.82, 2.24) is 4.98 Å². The van der Waals surface area contributed by atoms with Crippen LogP contribution in [-0.2, 0) is 0 Å². The topological polar surface area (TPSA) is 60.6 Å². The van der Waals surface area contributed by atoms with Crippen LogP contribution in [0.1, 0.15) is 53.4 Å². The highest BCUT2D eigenvalue weighted by Crippen LogP contribution is 2.33. The van der Waals surface area contributed by atoms with Gasteiger partial charge in [-0.1, -0.05) is 32.3 Å². The van der Waals surface area contributed by atoms with Gasteiger partial charge in [0, 0.05) is 11.5 Å². The van der Waals surface area contributed by atoms with Gasteiger partial charge in [0.2, 0.25) is 5.75 Å². The lowest BCUT2D eigenvalue weighted by atomic mass is 10.2. The second-order valence-electron chi connectivity index (χ2n) is 6.82. The molecular weight excluding hydrogens is 342 g/mol. The molecule has 0 aliphatic heterocycles. The van der Waals surface area contributed by atoms with Gasteiger partial charge >= 0.3 is 0 Å². The summed E-state index contributed by atoms with van der Waals surface area (Å²) in [5.74, 6) is 1.48. The Morgan fingerprint density at radius 2 is 1.70 bits per heavy atom. The van der Waals surface area contributed by atoms with E-state index in [1.165, 1.54) is 0 Å². The number of pyridine rings is 1. The summed E-state index contributed by atoms with van der Waals surface area (Å²) in [4.78, 5) is 15.5. The van der Waals surface area contributed by atoms with E-state index in [1.807, 2.05) is 38.1 Å². The van der Waals surface area contributed by atoms with Crippen LogP contribution in [0.5, 0.6) is 17.2 Å². The SMILES string of the molecule is CCCCOc1ccc2c(OCCCC)c(OCC=C(C)C)c(=O)[nH]c2c1. The summed E-state index contributed by atoms with van der Waals surface area (Å²) in [5, 5.41) is 0.820. The second-order valence-corrected chi connectivity index (χ2v) is 6.82. The molecule has 5 heteroatoms. The second kappa shape index (κ2) is 10.7. The number of hydrogen-bond acceptors (Lipinski definition) is 4. The molecule has 2 rings (SSSR count). The van der Waals surface area contributed by atoms with Crippen LogP contribution >= 0.6 is 0 Å². The van der Waals surface area contributed by atoms with Crippen molar-refractivity contribution in [3.05, 3.63) is 40.2 Å². The molecule has 0 unspecified atom stereocenters. The number of unbranched alkanes of at least 4 members (excludes halogenated alkanes) is 2. The van der Waals surface area contributed by atoms with Crippen LogP contribution in [0, 0.1) is 0 Å². The molecule has 0 atom stereocenters. The average Bonchev–Trinajstić information content (AvgIpc) is 2.63. The molecule has 0 radical (unpaired) electrons. The lowest BCUT2D eigenvalue weighted by Gasteiger charge is -2.15. The Morgan fingerprint density at radius 1 is 1.00 bits per heavy atom. The molecule has 2 aromatic rings. The minimum atomic E-state index is -0.290. The van der Waals surface area contributed by atoms with Crippen molar-refractivity contribution >= 4 is 10.9 Å². The molecule has 27 heavy (non-hydrogen) atoms. The molecule has 0 bridgehead atoms. The zero-order valence-electron chi connectivity index (χ0n) is 16.9. The van der Waals surface area contributed by atoms with Gasteiger partial charge in [0.15, 0.2) is 5.75 Å². The first-order chi connectivity index (χ1) is 13.1. The van der Waals surface area contributed by atoms with E-state index < -0.39 is 0 Å². The first kappa shape index (κ1) is 20.9. The first-order valence-corrected chi connectivity index (χ1v) is 9.78. The van der Waals surface area contributed by atoms with Crippen LogP contribution in [0.2, 0.25) is 0 Å². The van der Waals surface area contributed by atoms with Crippen molar-refractivity contribution in [3.63, 3.8) is 0 Å². The Kier molecular flexibility index (Phi) is 8.24. The predicted octanol–water partition coefficient (Wildman–Crippen LogP) is 5.23. The standard InChI is InChI=1S/C22H31NO4/c1-5-7-12-25-17-9-10-18-19(15-17)23-22(24)21(27-14-11-16(3)4)20(18)26-13-8-6-2/h9-11,15H,5-8,12-14H2,1-4H3,(H,23,24). The van der Waals surface area contributed by atoms with Crippen molar-refractivity contribution in [1.29, 1.82) is 0 Å². The summed E-state index contributed by atoms with van der Waals surface area (Å²) in [6, 6.07) is 5.67. The molecule has 1 N–H and O–H groups in total. The van der Waals surface area contributed by atoms with Crippen molar-refractivity contribution in [2.24, 2.45) is 0 Å². The lowest BCUT2D eigenvalue weighted by Crippen LogP contribution is -2.14. The van der Waals surface area contributed by atoms with Crippen molar-refractivity contribution in [2.75, 3.05) is 19.8 Å². The largest absolute Gasteiger partial charge is 0.494 e. The van der Waals surface area contributed by atoms with Crippen LogP contribution in [-0.4, -0.2) is 24.8 Å². The fourth-order valence-corrected chi connectivity index (χ4v) is 2.54. The quantitative estimate of drug-likeness (QED) is 0.433. The maximum absolute atomic E-state index is 12.6. The zero-order chi connectivity index (χ0) is 19.6. The van der Waals surface area contributed by atoms with Crippen LogP contribution in [0.15, 0.2) is 34.6 Å². The first-order valence-electron chi connectivity index (χ1n) is 9.78. The normalized spacial score (nSPS) is 10.7. The number of allylic oxidation sites excluding steroid dienone is 1. The Morgan fingerprint density at radius 3 is 2.37 bits per heavy atom. The molecule has 148 valence electrons. The van der Waals surface area contributed by atoms with Gasteiger partial charge in [0.1, 0.15) is 12.4 Å². The maximum atomic E-state index is 12.6. The Balaban J connectivity index is 2.39. The van der Waals surface area contributed by atoms with Gasteiger partial charge in [-0.25, -0.2) is 0 Å². The molecule has 0 aliphatic rings. The number of benzene rings is 1. The van der Waals surface area contributed by atoms with Crippen LogP contribution < -0.4 is 19.8 Å². The van der Waals surface area contributed by atoms with Gasteiger partial charge in [0.25, 0.3) is 5.56 Å². The van der Waals surface area contributed by atoms with Crippen molar-refractivity contribution in [2.45, 2.75) is 53.4 Å². The summed E-state index contributed by atoms with van der Waals surface area (Å²) in [7, 11) is 0. The molecule has 1 aromatic carbocycles. The number of hydrogen-bond donors (Lipinski definition) is 1. The van der Waals surface area contributed by atoms with E-state index in [2.05, 4.69) is 18.8 Å². The Bertz CT molecular complexity index is 819. The fraction of sp³-hybridized carbons (Fsp3) is 0.500. The minimum Gasteiger partial charge on any atom is -0.494 e. The van der Waals surface area contributed by atoms with Gasteiger partial charge in [-0.05, 0) is 44.9 Å². The molecule has 0 saturated carbocycles. The Hall–Kier alpha value is -2.43. The van der Waals surface area contributed by atoms with Crippen molar-refractivity contribution < 1.29 is 14.2 Å². The Labute approximate surface area is 161 Å². The highest BCUT2D eigenvalue weighted by atomic mass is 16.5. The summed E-state index contributed by atoms with van der Waals surface area (Å²) >= 11 is 0. The molecule has 0 amide bonds. The molecule has 1 aromatic heterocycles. The highest BCUT2D eigenvalue weighted by Gasteiger charge is 2.16. The lowest BCUT2D eigenvalue weighted by molar-refractivity contribution is 0.279. The number of aromatic nitrogens is 1. The predicted molar refractivity (Wildman–Crippen MR) is 110 cm³/mol. The van der Waals surface area contributed by atoms with Gasteiger partial charge < -0.3 is 19.2 Å². The summed E-state index contributed by atoms with van der Waals surface area (Å²) in [6.07, 6.45) is 5.94. The highest BCUT2D eigenvalue weighted by molar-refractivity contribution is 5.88. The van der Waals surface area contributed by atoms with Gasteiger partial charge in [-0.2, -0.15) is 0 Å². The van der Waals surface area contributed by atoms with Crippen LogP contribution in [0.4, 0.5) is 0 Å². The molecule has 1 heterocycles. The summed E-state index contributed by atoms with van der Waals surface area (Å²) < 4.78 is 17.5. The molecule has 0 fully saturated rings. The van der Waals surface area contributed by atoms with Gasteiger partial charge in [-0.15, -0.1) is 0 Å². The number of ether oxygens (including phenoxy) is 3. The molecule has 5 nitrogen and oxygen atoms in total. The fourth-order valence-electron chi connectivity index (χ4n) is 2.54. The van der Waals surface area contributed by atoms with Crippen molar-refractivity contribution in [3.8, 4) is 17.2 Å². The zero-order valence-corrected chi connectivity index (χ0v) is 16.9. The van der Waals surface area contributed by atoms with E-state index in [9.17, 15) is 4.79 Å². The smallest absolute Gasteiger partial charge is 0.294 e. The van der Waals surface area contributed by atoms with E-state index in [-0.39, 0.29) is 11.3 Å².